The van der Waals surface area contributed by atoms with Crippen molar-refractivity contribution in [1.29, 1.82) is 0 Å². The first-order valence-electron chi connectivity index (χ1n) is 6.28. The smallest absolute Gasteiger partial charge is 0.424 e. The number of halogens is 5. The number of methoxy groups -OCH3 is 1. The lowest BCUT2D eigenvalue weighted by atomic mass is 9.77. The molecule has 0 aliphatic carbocycles. The van der Waals surface area contributed by atoms with E-state index in [1.807, 2.05) is 0 Å². The van der Waals surface area contributed by atoms with Crippen LogP contribution in [0.5, 0.6) is 5.75 Å². The van der Waals surface area contributed by atoms with Gasteiger partial charge in [-0.15, -0.1) is 0 Å². The van der Waals surface area contributed by atoms with Crippen LogP contribution in [0.25, 0.3) is 0 Å². The van der Waals surface area contributed by atoms with E-state index in [1.54, 1.807) is 0 Å². The summed E-state index contributed by atoms with van der Waals surface area (Å²) in [6.45, 7) is 2.24. The van der Waals surface area contributed by atoms with Crippen molar-refractivity contribution in [2.24, 2.45) is 5.92 Å². The molecule has 0 saturated carbocycles. The number of ether oxygens (including phenoxy) is 1. The number of aliphatic hydroxyl groups is 1. The van der Waals surface area contributed by atoms with Crippen LogP contribution in [-0.2, 0) is 4.79 Å². The van der Waals surface area contributed by atoms with Gasteiger partial charge in [-0.05, 0) is 12.0 Å². The number of benzene rings is 1. The summed E-state index contributed by atoms with van der Waals surface area (Å²) in [5.74, 6) is -5.91. The zero-order chi connectivity index (χ0) is 17.3. The third-order valence-corrected chi connectivity index (χ3v) is 3.85. The highest BCUT2D eigenvalue weighted by Gasteiger charge is 2.58. The van der Waals surface area contributed by atoms with Crippen molar-refractivity contribution >= 4 is 6.29 Å². The second-order valence-electron chi connectivity index (χ2n) is 5.00. The van der Waals surface area contributed by atoms with Gasteiger partial charge in [0, 0.05) is 11.5 Å². The van der Waals surface area contributed by atoms with E-state index in [2.05, 4.69) is 0 Å². The fourth-order valence-electron chi connectivity index (χ4n) is 2.20. The number of carbonyl (C=O) groups excluding carboxylic acids is 1. The van der Waals surface area contributed by atoms with Crippen LogP contribution in [0.3, 0.4) is 0 Å². The Morgan fingerprint density at radius 1 is 1.23 bits per heavy atom. The summed E-state index contributed by atoms with van der Waals surface area (Å²) in [5.41, 5.74) is -3.69. The molecule has 1 aromatic carbocycles. The molecule has 3 nitrogen and oxygen atoms in total. The predicted octanol–water partition coefficient (Wildman–Crippen LogP) is 3.21. The van der Waals surface area contributed by atoms with E-state index in [4.69, 9.17) is 4.74 Å². The van der Waals surface area contributed by atoms with Crippen LogP contribution in [0.4, 0.5) is 22.0 Å². The van der Waals surface area contributed by atoms with Crippen LogP contribution in [0.2, 0.25) is 0 Å². The van der Waals surface area contributed by atoms with Gasteiger partial charge < -0.3 is 9.84 Å². The molecule has 1 rings (SSSR count). The number of hydrogen-bond donors (Lipinski definition) is 1. The van der Waals surface area contributed by atoms with Crippen LogP contribution in [0, 0.1) is 17.6 Å². The van der Waals surface area contributed by atoms with Gasteiger partial charge in [-0.2, -0.15) is 17.6 Å². The maximum Gasteiger partial charge on any atom is 0.424 e. The maximum atomic E-state index is 13.6. The Morgan fingerprint density at radius 2 is 1.77 bits per heavy atom. The molecule has 0 spiro atoms. The molecule has 0 aromatic heterocycles. The largest absolute Gasteiger partial charge is 0.493 e. The average molecular weight is 326 g/mol. The standard InChI is InChI=1S/C14H15F5O3/c1-7(8(2)13(21,6-20)14(17,18)19)9-4-5-10(15)11(16)12(9)22-3/h4-8,21H,1-3H3. The van der Waals surface area contributed by atoms with E-state index < -0.39 is 47.3 Å². The maximum absolute atomic E-state index is 13.6. The minimum atomic E-state index is -5.20. The van der Waals surface area contributed by atoms with E-state index in [9.17, 15) is 31.9 Å². The quantitative estimate of drug-likeness (QED) is 0.668. The Labute approximate surface area is 123 Å². The molecule has 3 atom stereocenters. The first-order chi connectivity index (χ1) is 10.0. The molecular weight excluding hydrogens is 311 g/mol. The molecule has 3 unspecified atom stereocenters. The van der Waals surface area contributed by atoms with Crippen molar-refractivity contribution in [2.75, 3.05) is 7.11 Å². The fourth-order valence-corrected chi connectivity index (χ4v) is 2.20. The molecule has 0 saturated heterocycles. The third-order valence-electron chi connectivity index (χ3n) is 3.85. The Hall–Kier alpha value is -1.70. The molecule has 1 N–H and O–H groups in total. The highest BCUT2D eigenvalue weighted by Crippen LogP contribution is 2.43. The zero-order valence-corrected chi connectivity index (χ0v) is 12.0. The Balaban J connectivity index is 3.35. The summed E-state index contributed by atoms with van der Waals surface area (Å²) in [5, 5.41) is 9.64. The summed E-state index contributed by atoms with van der Waals surface area (Å²) < 4.78 is 70.2. The first-order valence-corrected chi connectivity index (χ1v) is 6.28. The van der Waals surface area contributed by atoms with Crippen molar-refractivity contribution in [2.45, 2.75) is 31.5 Å². The molecule has 0 fully saturated rings. The predicted molar refractivity (Wildman–Crippen MR) is 67.6 cm³/mol. The van der Waals surface area contributed by atoms with Gasteiger partial charge in [-0.3, -0.25) is 4.79 Å². The monoisotopic (exact) mass is 326 g/mol. The van der Waals surface area contributed by atoms with E-state index in [1.165, 1.54) is 6.92 Å². The van der Waals surface area contributed by atoms with Crippen LogP contribution >= 0.6 is 0 Å². The van der Waals surface area contributed by atoms with Gasteiger partial charge in [0.1, 0.15) is 0 Å². The molecule has 0 bridgehead atoms. The molecule has 0 heterocycles. The highest BCUT2D eigenvalue weighted by molar-refractivity contribution is 5.64. The Bertz CT molecular complexity index is 558. The third kappa shape index (κ3) is 2.92. The van der Waals surface area contributed by atoms with Crippen molar-refractivity contribution in [1.82, 2.24) is 0 Å². The van der Waals surface area contributed by atoms with Gasteiger partial charge in [-0.1, -0.05) is 19.9 Å². The van der Waals surface area contributed by atoms with Crippen molar-refractivity contribution in [3.8, 4) is 5.75 Å². The molecule has 8 heteroatoms. The minimum Gasteiger partial charge on any atom is -0.493 e. The molecule has 22 heavy (non-hydrogen) atoms. The zero-order valence-electron chi connectivity index (χ0n) is 12.0. The minimum absolute atomic E-state index is 0.0848. The van der Waals surface area contributed by atoms with Gasteiger partial charge in [0.05, 0.1) is 7.11 Å². The van der Waals surface area contributed by atoms with Gasteiger partial charge in [0.25, 0.3) is 0 Å². The second kappa shape index (κ2) is 6.20. The Morgan fingerprint density at radius 3 is 2.18 bits per heavy atom. The fraction of sp³-hybridized carbons (Fsp3) is 0.500. The summed E-state index contributed by atoms with van der Waals surface area (Å²) in [6, 6.07) is 1.80. The van der Waals surface area contributed by atoms with Crippen molar-refractivity contribution < 1.29 is 36.6 Å². The van der Waals surface area contributed by atoms with Crippen molar-refractivity contribution in [3.63, 3.8) is 0 Å². The topological polar surface area (TPSA) is 46.5 Å². The second-order valence-corrected chi connectivity index (χ2v) is 5.00. The lowest BCUT2D eigenvalue weighted by Gasteiger charge is -2.35. The summed E-state index contributed by atoms with van der Waals surface area (Å²) in [7, 11) is 1.04. The van der Waals surface area contributed by atoms with Crippen LogP contribution in [-0.4, -0.2) is 30.3 Å². The number of rotatable bonds is 5. The SMILES string of the molecule is COc1c(C(C)C(C)C(O)(C=O)C(F)(F)F)ccc(F)c1F. The lowest BCUT2D eigenvalue weighted by Crippen LogP contribution is -2.53. The van der Waals surface area contributed by atoms with Crippen LogP contribution < -0.4 is 4.74 Å². The molecule has 0 radical (unpaired) electrons. The number of aldehydes is 1. The van der Waals surface area contributed by atoms with Gasteiger partial charge in [0.15, 0.2) is 17.9 Å². The average Bonchev–Trinajstić information content (AvgIpc) is 2.46. The highest BCUT2D eigenvalue weighted by atomic mass is 19.4. The molecule has 0 aliphatic rings. The normalized spacial score (nSPS) is 17.5. The van der Waals surface area contributed by atoms with E-state index in [0.29, 0.717) is 0 Å². The summed E-state index contributed by atoms with van der Waals surface area (Å²) in [6.07, 6.45) is -5.80. The van der Waals surface area contributed by atoms with E-state index in [-0.39, 0.29) is 5.56 Å². The van der Waals surface area contributed by atoms with Gasteiger partial charge in [-0.25, -0.2) is 4.39 Å². The van der Waals surface area contributed by atoms with Crippen LogP contribution in [0.15, 0.2) is 12.1 Å². The number of hydrogen-bond acceptors (Lipinski definition) is 3. The summed E-state index contributed by atoms with van der Waals surface area (Å²) in [4.78, 5) is 10.8. The summed E-state index contributed by atoms with van der Waals surface area (Å²) >= 11 is 0. The van der Waals surface area contributed by atoms with Crippen molar-refractivity contribution in [3.05, 3.63) is 29.3 Å². The Kier molecular flexibility index (Phi) is 5.17. The van der Waals surface area contributed by atoms with Crippen LogP contribution in [0.1, 0.15) is 25.3 Å². The first kappa shape index (κ1) is 18.3. The number of carbonyl (C=O) groups is 1. The van der Waals surface area contributed by atoms with Gasteiger partial charge in [0.2, 0.25) is 11.4 Å². The van der Waals surface area contributed by atoms with E-state index >= 15 is 0 Å². The molecule has 0 amide bonds. The number of alkyl halides is 3. The molecule has 124 valence electrons. The molecule has 1 aromatic rings. The molecule has 0 aliphatic heterocycles. The lowest BCUT2D eigenvalue weighted by molar-refractivity contribution is -0.261. The molecular formula is C14H15F5O3. The van der Waals surface area contributed by atoms with Gasteiger partial charge >= 0.3 is 6.18 Å². The van der Waals surface area contributed by atoms with E-state index in [0.717, 1.165) is 26.2 Å².